The van der Waals surface area contributed by atoms with Gasteiger partial charge in [0, 0.05) is 17.0 Å². The van der Waals surface area contributed by atoms with E-state index in [4.69, 9.17) is 11.3 Å². The fourth-order valence-corrected chi connectivity index (χ4v) is 2.81. The van der Waals surface area contributed by atoms with E-state index < -0.39 is 0 Å². The van der Waals surface area contributed by atoms with Gasteiger partial charge in [-0.05, 0) is 57.1 Å². The second kappa shape index (κ2) is 7.35. The number of rotatable bonds is 5. The Morgan fingerprint density at radius 3 is 2.55 bits per heavy atom. The van der Waals surface area contributed by atoms with Gasteiger partial charge in [0.1, 0.15) is 11.5 Å². The number of benzene rings is 2. The molecule has 0 saturated heterocycles. The van der Waals surface area contributed by atoms with E-state index in [0.29, 0.717) is 5.69 Å². The Hall–Kier alpha value is -1.96. The molecule has 0 saturated carbocycles. The Bertz CT molecular complexity index is 705. The highest BCUT2D eigenvalue weighted by Crippen LogP contribution is 2.32. The largest absolute Gasteiger partial charge is 0.458 e. The zero-order valence-electron chi connectivity index (χ0n) is 13.4. The van der Waals surface area contributed by atoms with Gasteiger partial charge in [-0.15, -0.1) is 11.8 Å². The molecule has 114 valence electrons. The summed E-state index contributed by atoms with van der Waals surface area (Å²) in [6.45, 7) is 10.0. The minimum atomic E-state index is 0.593. The van der Waals surface area contributed by atoms with Crippen LogP contribution in [0, 0.1) is 13.5 Å². The SMILES string of the molecule is [C-]#[N+]c1ccc(CN(C)C)c(Oc2ccc(SC)c(C)c2)c1. The fourth-order valence-electron chi connectivity index (χ4n) is 2.22. The van der Waals surface area contributed by atoms with Gasteiger partial charge >= 0.3 is 0 Å². The van der Waals surface area contributed by atoms with Crippen molar-refractivity contribution in [3.05, 3.63) is 58.9 Å². The summed E-state index contributed by atoms with van der Waals surface area (Å²) in [4.78, 5) is 6.82. The summed E-state index contributed by atoms with van der Waals surface area (Å²) in [7, 11) is 4.04. The molecular weight excluding hydrogens is 292 g/mol. The van der Waals surface area contributed by atoms with Crippen LogP contribution in [-0.2, 0) is 6.54 Å². The molecule has 2 aromatic rings. The summed E-state index contributed by atoms with van der Waals surface area (Å²) < 4.78 is 6.05. The third kappa shape index (κ3) is 4.03. The molecular formula is C18H20N2OS. The molecule has 4 heteroatoms. The molecule has 3 nitrogen and oxygen atoms in total. The quantitative estimate of drug-likeness (QED) is 0.563. The summed E-state index contributed by atoms with van der Waals surface area (Å²) >= 11 is 1.73. The normalized spacial score (nSPS) is 10.5. The molecule has 0 bridgehead atoms. The number of aryl methyl sites for hydroxylation is 1. The number of nitrogens with zero attached hydrogens (tertiary/aromatic N) is 2. The molecule has 0 N–H and O–H groups in total. The molecule has 0 fully saturated rings. The monoisotopic (exact) mass is 312 g/mol. The van der Waals surface area contributed by atoms with Crippen molar-refractivity contribution >= 4 is 17.4 Å². The molecule has 0 spiro atoms. The van der Waals surface area contributed by atoms with Gasteiger partial charge in [-0.2, -0.15) is 0 Å². The highest BCUT2D eigenvalue weighted by Gasteiger charge is 2.09. The van der Waals surface area contributed by atoms with Crippen LogP contribution >= 0.6 is 11.8 Å². The van der Waals surface area contributed by atoms with Crippen LogP contribution in [0.3, 0.4) is 0 Å². The van der Waals surface area contributed by atoms with Crippen molar-refractivity contribution in [2.75, 3.05) is 20.4 Å². The lowest BCUT2D eigenvalue weighted by molar-refractivity contribution is 0.388. The van der Waals surface area contributed by atoms with E-state index >= 15 is 0 Å². The molecule has 0 heterocycles. The number of ether oxygens (including phenoxy) is 1. The molecule has 2 rings (SSSR count). The third-order valence-corrected chi connectivity index (χ3v) is 4.16. The van der Waals surface area contributed by atoms with E-state index in [9.17, 15) is 0 Å². The summed E-state index contributed by atoms with van der Waals surface area (Å²) in [5.74, 6) is 1.55. The molecule has 0 aliphatic rings. The average molecular weight is 312 g/mol. The van der Waals surface area contributed by atoms with Crippen LogP contribution in [0.2, 0.25) is 0 Å². The predicted molar refractivity (Wildman–Crippen MR) is 93.1 cm³/mol. The fraction of sp³-hybridized carbons (Fsp3) is 0.278. The lowest BCUT2D eigenvalue weighted by atomic mass is 10.1. The first-order valence-corrected chi connectivity index (χ1v) is 8.23. The molecule has 0 aliphatic carbocycles. The molecule has 0 atom stereocenters. The van der Waals surface area contributed by atoms with E-state index in [0.717, 1.165) is 23.6 Å². The van der Waals surface area contributed by atoms with Crippen LogP contribution in [0.25, 0.3) is 4.85 Å². The summed E-state index contributed by atoms with van der Waals surface area (Å²) in [6.07, 6.45) is 2.07. The van der Waals surface area contributed by atoms with Crippen molar-refractivity contribution in [2.24, 2.45) is 0 Å². The Balaban J connectivity index is 2.34. The van der Waals surface area contributed by atoms with Crippen LogP contribution in [0.4, 0.5) is 5.69 Å². The van der Waals surface area contributed by atoms with Crippen LogP contribution < -0.4 is 4.74 Å². The second-order valence-corrected chi connectivity index (χ2v) is 6.22. The summed E-state index contributed by atoms with van der Waals surface area (Å²) in [5, 5.41) is 0. The van der Waals surface area contributed by atoms with Gasteiger partial charge in [0.15, 0.2) is 5.69 Å². The van der Waals surface area contributed by atoms with Crippen LogP contribution in [0.5, 0.6) is 11.5 Å². The molecule has 0 amide bonds. The standard InChI is InChI=1S/C18H20N2OS/c1-13-10-16(8-9-18(13)22-5)21-17-11-15(19-2)7-6-14(17)12-20(3)4/h6-11H,12H2,1,3-5H3. The maximum Gasteiger partial charge on any atom is 0.190 e. The van der Waals surface area contributed by atoms with Crippen LogP contribution in [-0.4, -0.2) is 25.3 Å². The van der Waals surface area contributed by atoms with E-state index in [1.165, 1.54) is 10.5 Å². The molecule has 0 unspecified atom stereocenters. The van der Waals surface area contributed by atoms with Gasteiger partial charge in [0.25, 0.3) is 0 Å². The van der Waals surface area contributed by atoms with E-state index in [2.05, 4.69) is 29.0 Å². The highest BCUT2D eigenvalue weighted by molar-refractivity contribution is 7.98. The van der Waals surface area contributed by atoms with Crippen LogP contribution in [0.15, 0.2) is 41.3 Å². The van der Waals surface area contributed by atoms with Gasteiger partial charge in [-0.25, -0.2) is 4.85 Å². The smallest absolute Gasteiger partial charge is 0.190 e. The van der Waals surface area contributed by atoms with Crippen molar-refractivity contribution in [3.8, 4) is 11.5 Å². The molecule has 22 heavy (non-hydrogen) atoms. The van der Waals surface area contributed by atoms with Gasteiger partial charge in [-0.3, -0.25) is 0 Å². The first-order valence-electron chi connectivity index (χ1n) is 7.01. The van der Waals surface area contributed by atoms with Crippen molar-refractivity contribution in [3.63, 3.8) is 0 Å². The second-order valence-electron chi connectivity index (χ2n) is 5.38. The minimum absolute atomic E-state index is 0.593. The summed E-state index contributed by atoms with van der Waals surface area (Å²) in [5.41, 5.74) is 2.86. The lowest BCUT2D eigenvalue weighted by Crippen LogP contribution is -2.11. The van der Waals surface area contributed by atoms with Crippen molar-refractivity contribution in [1.29, 1.82) is 0 Å². The topological polar surface area (TPSA) is 16.8 Å². The first kappa shape index (κ1) is 16.4. The molecule has 0 aromatic heterocycles. The number of hydrogen-bond donors (Lipinski definition) is 0. The Morgan fingerprint density at radius 1 is 1.18 bits per heavy atom. The van der Waals surface area contributed by atoms with Crippen molar-refractivity contribution in [1.82, 2.24) is 4.90 Å². The van der Waals surface area contributed by atoms with Crippen LogP contribution in [0.1, 0.15) is 11.1 Å². The maximum atomic E-state index is 7.18. The van der Waals surface area contributed by atoms with Crippen molar-refractivity contribution in [2.45, 2.75) is 18.4 Å². The molecule has 0 radical (unpaired) electrons. The highest BCUT2D eigenvalue weighted by atomic mass is 32.2. The average Bonchev–Trinajstić information content (AvgIpc) is 2.48. The Kier molecular flexibility index (Phi) is 5.48. The predicted octanol–water partition coefficient (Wildman–Crippen LogP) is 5.12. The third-order valence-electron chi connectivity index (χ3n) is 3.26. The zero-order valence-corrected chi connectivity index (χ0v) is 14.2. The maximum absolute atomic E-state index is 7.18. The molecule has 0 aliphatic heterocycles. The van der Waals surface area contributed by atoms with Gasteiger partial charge in [0.2, 0.25) is 0 Å². The van der Waals surface area contributed by atoms with Gasteiger partial charge in [0.05, 0.1) is 6.57 Å². The van der Waals surface area contributed by atoms with E-state index in [1.54, 1.807) is 11.8 Å². The summed E-state index contributed by atoms with van der Waals surface area (Å²) in [6, 6.07) is 11.7. The van der Waals surface area contributed by atoms with Gasteiger partial charge in [-0.1, -0.05) is 12.1 Å². The van der Waals surface area contributed by atoms with Gasteiger partial charge < -0.3 is 9.64 Å². The minimum Gasteiger partial charge on any atom is -0.458 e. The lowest BCUT2D eigenvalue weighted by Gasteiger charge is -2.16. The Morgan fingerprint density at radius 2 is 1.95 bits per heavy atom. The van der Waals surface area contributed by atoms with E-state index in [-0.39, 0.29) is 0 Å². The van der Waals surface area contributed by atoms with Crippen molar-refractivity contribution < 1.29 is 4.74 Å². The number of thioether (sulfide) groups is 1. The Labute approximate surface area is 136 Å². The van der Waals surface area contributed by atoms with E-state index in [1.807, 2.05) is 44.4 Å². The zero-order chi connectivity index (χ0) is 16.1. The molecule has 2 aromatic carbocycles. The first-order chi connectivity index (χ1) is 10.5. The number of hydrogen-bond acceptors (Lipinski definition) is 3.